The van der Waals surface area contributed by atoms with Crippen LogP contribution in [0.2, 0.25) is 10.0 Å². The lowest BCUT2D eigenvalue weighted by Crippen LogP contribution is -2.10. The third-order valence-corrected chi connectivity index (χ3v) is 4.04. The normalized spacial score (nSPS) is 10.8. The summed E-state index contributed by atoms with van der Waals surface area (Å²) < 4.78 is 12.2. The number of ether oxygens (including phenoxy) is 2. The molecule has 4 nitrogen and oxygen atoms in total. The number of esters is 1. The van der Waals surface area contributed by atoms with Crippen molar-refractivity contribution in [2.24, 2.45) is 0 Å². The van der Waals surface area contributed by atoms with E-state index in [1.807, 2.05) is 18.2 Å². The number of rotatable bonds is 3. The Morgan fingerprint density at radius 2 is 1.65 bits per heavy atom. The molecule has 0 spiro atoms. The topological polar surface area (TPSA) is 40.5 Å². The molecular weight excluding hydrogens is 337 g/mol. The molecule has 6 heteroatoms. The first kappa shape index (κ1) is 15.7. The molecule has 3 rings (SSSR count). The van der Waals surface area contributed by atoms with Crippen molar-refractivity contribution in [3.05, 3.63) is 58.2 Å². The molecule has 0 aliphatic rings. The number of halogens is 2. The van der Waals surface area contributed by atoms with Gasteiger partial charge in [-0.15, -0.1) is 0 Å². The predicted molar refractivity (Wildman–Crippen MR) is 91.2 cm³/mol. The number of carbonyl (C=O) groups excluding carboxylic acids is 1. The Morgan fingerprint density at radius 1 is 1.00 bits per heavy atom. The minimum absolute atomic E-state index is 0.301. The third kappa shape index (κ3) is 2.64. The summed E-state index contributed by atoms with van der Waals surface area (Å²) in [5.74, 6) is -0.0755. The molecule has 0 saturated carbocycles. The molecule has 0 radical (unpaired) electrons. The number of methoxy groups -OCH3 is 2. The molecule has 3 aromatic rings. The minimum Gasteiger partial charge on any atom is -0.494 e. The van der Waals surface area contributed by atoms with E-state index in [0.29, 0.717) is 21.5 Å². The molecule has 23 heavy (non-hydrogen) atoms. The van der Waals surface area contributed by atoms with Crippen molar-refractivity contribution in [1.29, 1.82) is 0 Å². The van der Waals surface area contributed by atoms with Crippen LogP contribution in [0, 0.1) is 0 Å². The predicted octanol–water partition coefficient (Wildman–Crippen LogP) is 4.73. The summed E-state index contributed by atoms with van der Waals surface area (Å²) in [4.78, 5) is 12.3. The molecule has 0 amide bonds. The summed E-state index contributed by atoms with van der Waals surface area (Å²) in [6, 6.07) is 12.5. The van der Waals surface area contributed by atoms with Crippen molar-refractivity contribution in [3.8, 4) is 11.4 Å². The fourth-order valence-electron chi connectivity index (χ4n) is 2.58. The highest BCUT2D eigenvalue weighted by molar-refractivity contribution is 6.31. The molecule has 1 heterocycles. The summed E-state index contributed by atoms with van der Waals surface area (Å²) in [5, 5.41) is 1.90. The number of fused-ring (bicyclic) bond motifs is 1. The molecule has 2 aromatic carbocycles. The average molecular weight is 350 g/mol. The van der Waals surface area contributed by atoms with E-state index in [2.05, 4.69) is 0 Å². The second kappa shape index (κ2) is 6.14. The van der Waals surface area contributed by atoms with Gasteiger partial charge in [-0.2, -0.15) is 0 Å². The second-order valence-corrected chi connectivity index (χ2v) is 5.72. The molecular formula is C17H13Cl2NO3. The highest BCUT2D eigenvalue weighted by atomic mass is 35.5. The largest absolute Gasteiger partial charge is 0.494 e. The minimum atomic E-state index is -0.496. The maximum absolute atomic E-state index is 12.3. The second-order valence-electron chi connectivity index (χ2n) is 4.85. The van der Waals surface area contributed by atoms with Crippen molar-refractivity contribution in [3.63, 3.8) is 0 Å². The van der Waals surface area contributed by atoms with Crippen molar-refractivity contribution in [1.82, 2.24) is 4.57 Å². The quantitative estimate of drug-likeness (QED) is 0.641. The van der Waals surface area contributed by atoms with Gasteiger partial charge in [-0.05, 0) is 42.5 Å². The van der Waals surface area contributed by atoms with E-state index in [-0.39, 0.29) is 0 Å². The fourth-order valence-corrected chi connectivity index (χ4v) is 2.88. The molecule has 0 atom stereocenters. The lowest BCUT2D eigenvalue weighted by atomic mass is 10.2. The van der Waals surface area contributed by atoms with Crippen molar-refractivity contribution >= 4 is 40.1 Å². The fraction of sp³-hybridized carbons (Fsp3) is 0.118. The number of nitrogens with zero attached hydrogens (tertiary/aromatic N) is 1. The number of aromatic nitrogens is 1. The van der Waals surface area contributed by atoms with Crippen molar-refractivity contribution < 1.29 is 14.3 Å². The Morgan fingerprint density at radius 3 is 2.26 bits per heavy atom. The van der Waals surface area contributed by atoms with Gasteiger partial charge in [0.25, 0.3) is 0 Å². The maximum atomic E-state index is 12.3. The first-order valence-corrected chi connectivity index (χ1v) is 7.54. The van der Waals surface area contributed by atoms with Crippen LogP contribution in [0.5, 0.6) is 5.75 Å². The van der Waals surface area contributed by atoms with Gasteiger partial charge in [-0.3, -0.25) is 0 Å². The molecule has 0 bridgehead atoms. The van der Waals surface area contributed by atoms with E-state index in [4.69, 9.17) is 32.7 Å². The summed E-state index contributed by atoms with van der Waals surface area (Å²) in [6.45, 7) is 0. The highest BCUT2D eigenvalue weighted by Gasteiger charge is 2.25. The molecule has 0 saturated heterocycles. The van der Waals surface area contributed by atoms with Crippen LogP contribution in [-0.2, 0) is 4.74 Å². The number of benzene rings is 2. The van der Waals surface area contributed by atoms with Crippen LogP contribution in [0.1, 0.15) is 10.5 Å². The van der Waals surface area contributed by atoms with E-state index >= 15 is 0 Å². The first-order chi connectivity index (χ1) is 11.1. The van der Waals surface area contributed by atoms with Gasteiger partial charge in [-0.25, -0.2) is 4.79 Å². The van der Waals surface area contributed by atoms with Gasteiger partial charge in [-0.1, -0.05) is 23.2 Å². The van der Waals surface area contributed by atoms with Gasteiger partial charge in [0.05, 0.1) is 19.7 Å². The summed E-state index contributed by atoms with van der Waals surface area (Å²) in [5.41, 5.74) is 1.86. The van der Waals surface area contributed by atoms with E-state index in [1.54, 1.807) is 28.8 Å². The number of carbonyl (C=O) groups is 1. The summed E-state index contributed by atoms with van der Waals surface area (Å²) in [7, 11) is 2.84. The molecule has 0 fully saturated rings. The lowest BCUT2D eigenvalue weighted by Gasteiger charge is -2.10. The maximum Gasteiger partial charge on any atom is 0.358 e. The zero-order chi connectivity index (χ0) is 16.6. The molecule has 1 aromatic heterocycles. The molecule has 0 aliphatic heterocycles. The number of hydrogen-bond acceptors (Lipinski definition) is 3. The zero-order valence-electron chi connectivity index (χ0n) is 12.5. The summed E-state index contributed by atoms with van der Waals surface area (Å²) in [6.07, 6.45) is 0. The van der Waals surface area contributed by atoms with Crippen LogP contribution < -0.4 is 4.74 Å². The van der Waals surface area contributed by atoms with Gasteiger partial charge < -0.3 is 14.0 Å². The summed E-state index contributed by atoms with van der Waals surface area (Å²) >= 11 is 12.0. The highest BCUT2D eigenvalue weighted by Crippen LogP contribution is 2.37. The van der Waals surface area contributed by atoms with E-state index in [0.717, 1.165) is 16.6 Å². The molecule has 0 unspecified atom stereocenters. The van der Waals surface area contributed by atoms with E-state index in [1.165, 1.54) is 14.2 Å². The van der Waals surface area contributed by atoms with E-state index in [9.17, 15) is 4.79 Å². The Hall–Kier alpha value is -2.17. The van der Waals surface area contributed by atoms with Crippen LogP contribution in [0.15, 0.2) is 42.5 Å². The smallest absolute Gasteiger partial charge is 0.358 e. The number of hydrogen-bond donors (Lipinski definition) is 0. The Bertz CT molecular complexity index is 885. The van der Waals surface area contributed by atoms with Gasteiger partial charge in [0.1, 0.15) is 0 Å². The van der Waals surface area contributed by atoms with E-state index < -0.39 is 5.97 Å². The van der Waals surface area contributed by atoms with Gasteiger partial charge in [0.15, 0.2) is 11.4 Å². The van der Waals surface area contributed by atoms with Gasteiger partial charge in [0.2, 0.25) is 0 Å². The monoisotopic (exact) mass is 349 g/mol. The Kier molecular flexibility index (Phi) is 4.20. The van der Waals surface area contributed by atoms with Gasteiger partial charge in [0, 0.05) is 21.1 Å². The molecule has 118 valence electrons. The van der Waals surface area contributed by atoms with Crippen LogP contribution in [0.3, 0.4) is 0 Å². The molecule has 0 aliphatic carbocycles. The van der Waals surface area contributed by atoms with Crippen molar-refractivity contribution in [2.75, 3.05) is 14.2 Å². The van der Waals surface area contributed by atoms with Crippen molar-refractivity contribution in [2.45, 2.75) is 0 Å². The molecule has 0 N–H and O–H groups in total. The Balaban J connectivity index is 2.42. The van der Waals surface area contributed by atoms with Gasteiger partial charge >= 0.3 is 5.97 Å². The lowest BCUT2D eigenvalue weighted by molar-refractivity contribution is 0.0588. The standard InChI is InChI=1S/C17H13Cl2NO3/c1-22-16-13-9-11(19)5-8-14(13)20(15(16)17(21)23-2)12-6-3-10(18)4-7-12/h3-9H,1-2H3. The third-order valence-electron chi connectivity index (χ3n) is 3.55. The van der Waals surface area contributed by atoms with Crippen LogP contribution in [0.25, 0.3) is 16.6 Å². The zero-order valence-corrected chi connectivity index (χ0v) is 14.0. The van der Waals surface area contributed by atoms with Crippen LogP contribution in [0.4, 0.5) is 0 Å². The van der Waals surface area contributed by atoms with Crippen LogP contribution in [-0.4, -0.2) is 24.8 Å². The SMILES string of the molecule is COC(=O)c1c(OC)c2cc(Cl)ccc2n1-c1ccc(Cl)cc1. The van der Waals surface area contributed by atoms with Crippen LogP contribution >= 0.6 is 23.2 Å². The Labute approximate surface area is 143 Å². The first-order valence-electron chi connectivity index (χ1n) is 6.79. The average Bonchev–Trinajstić information content (AvgIpc) is 2.88.